The number of nitrogens with two attached hydrogens (primary N) is 1. The summed E-state index contributed by atoms with van der Waals surface area (Å²) in [5, 5.41) is 4.43. The van der Waals surface area contributed by atoms with E-state index in [2.05, 4.69) is 50.2 Å². The average molecular weight is 377 g/mol. The largest absolute Gasteiger partial charge is 0.393 e. The van der Waals surface area contributed by atoms with Crippen molar-refractivity contribution >= 4 is 33.9 Å². The number of pyridine rings is 1. The van der Waals surface area contributed by atoms with Crippen LogP contribution in [-0.2, 0) is 0 Å². The molecule has 0 atom stereocenters. The second-order valence-electron chi connectivity index (χ2n) is 7.55. The molecule has 0 bridgehead atoms. The molecule has 7 nitrogen and oxygen atoms in total. The van der Waals surface area contributed by atoms with Crippen LogP contribution in [0.1, 0.15) is 18.5 Å². The molecular formula is C21H27N7. The zero-order valence-corrected chi connectivity index (χ0v) is 16.7. The zero-order chi connectivity index (χ0) is 19.7. The Morgan fingerprint density at radius 1 is 1.14 bits per heavy atom. The maximum Gasteiger partial charge on any atom is 0.159 e. The van der Waals surface area contributed by atoms with E-state index in [1.54, 1.807) is 6.33 Å². The van der Waals surface area contributed by atoms with E-state index in [-0.39, 0.29) is 0 Å². The predicted molar refractivity (Wildman–Crippen MR) is 115 cm³/mol. The van der Waals surface area contributed by atoms with Gasteiger partial charge >= 0.3 is 0 Å². The molecule has 0 saturated carbocycles. The third-order valence-electron chi connectivity index (χ3n) is 5.56. The highest BCUT2D eigenvalue weighted by Gasteiger charge is 2.24. The standard InChI is InChI=1S/C21H27N7/c1-14-7-8-16-17(25-14)5-4-6-18(16)26-20-19(22)21(24-13-23-20)28(3)15-9-11-27(2)12-10-15/h4-8,13,15H,9-12,22H2,1-3H3,(H,23,24,26). The van der Waals surface area contributed by atoms with Crippen molar-refractivity contribution in [1.29, 1.82) is 0 Å². The molecule has 1 saturated heterocycles. The van der Waals surface area contributed by atoms with E-state index in [9.17, 15) is 0 Å². The van der Waals surface area contributed by atoms with Crippen molar-refractivity contribution in [1.82, 2.24) is 19.9 Å². The lowest BCUT2D eigenvalue weighted by atomic mass is 10.0. The van der Waals surface area contributed by atoms with Gasteiger partial charge in [0.25, 0.3) is 0 Å². The predicted octanol–water partition coefficient (Wildman–Crippen LogP) is 3.19. The van der Waals surface area contributed by atoms with Crippen LogP contribution >= 0.6 is 0 Å². The van der Waals surface area contributed by atoms with Crippen molar-refractivity contribution < 1.29 is 0 Å². The van der Waals surface area contributed by atoms with E-state index in [1.807, 2.05) is 31.2 Å². The second-order valence-corrected chi connectivity index (χ2v) is 7.55. The monoisotopic (exact) mass is 377 g/mol. The van der Waals surface area contributed by atoms with E-state index in [0.717, 1.165) is 54.0 Å². The summed E-state index contributed by atoms with van der Waals surface area (Å²) in [6.07, 6.45) is 3.79. The summed E-state index contributed by atoms with van der Waals surface area (Å²) in [6, 6.07) is 10.5. The van der Waals surface area contributed by atoms with Crippen molar-refractivity contribution in [3.63, 3.8) is 0 Å². The summed E-state index contributed by atoms with van der Waals surface area (Å²) >= 11 is 0. The number of nitrogens with zero attached hydrogens (tertiary/aromatic N) is 5. The lowest BCUT2D eigenvalue weighted by Crippen LogP contribution is -2.42. The smallest absolute Gasteiger partial charge is 0.159 e. The van der Waals surface area contributed by atoms with Crippen LogP contribution < -0.4 is 16.0 Å². The molecule has 28 heavy (non-hydrogen) atoms. The number of hydrogen-bond acceptors (Lipinski definition) is 7. The Hall–Kier alpha value is -2.93. The lowest BCUT2D eigenvalue weighted by molar-refractivity contribution is 0.252. The van der Waals surface area contributed by atoms with Gasteiger partial charge in [0.15, 0.2) is 11.6 Å². The molecular weight excluding hydrogens is 350 g/mol. The number of nitrogens with one attached hydrogen (secondary N) is 1. The number of fused-ring (bicyclic) bond motifs is 1. The molecule has 4 rings (SSSR count). The van der Waals surface area contributed by atoms with Crippen molar-refractivity contribution in [2.45, 2.75) is 25.8 Å². The highest BCUT2D eigenvalue weighted by molar-refractivity contribution is 5.94. The molecule has 1 fully saturated rings. The zero-order valence-electron chi connectivity index (χ0n) is 16.7. The van der Waals surface area contributed by atoms with Gasteiger partial charge in [-0.25, -0.2) is 9.97 Å². The highest BCUT2D eigenvalue weighted by atomic mass is 15.2. The first kappa shape index (κ1) is 18.4. The number of likely N-dealkylation sites (tertiary alicyclic amines) is 1. The minimum atomic E-state index is 0.436. The van der Waals surface area contributed by atoms with E-state index in [1.165, 1.54) is 0 Å². The van der Waals surface area contributed by atoms with E-state index >= 15 is 0 Å². The Labute approximate surface area is 165 Å². The first-order chi connectivity index (χ1) is 13.5. The molecule has 0 aliphatic carbocycles. The SMILES string of the molecule is Cc1ccc2c(Nc3ncnc(N(C)C4CCN(C)CC4)c3N)cccc2n1. The number of nitrogen functional groups attached to an aromatic ring is 1. The van der Waals surface area contributed by atoms with Crippen LogP contribution in [0.2, 0.25) is 0 Å². The maximum atomic E-state index is 6.48. The summed E-state index contributed by atoms with van der Waals surface area (Å²) in [5.74, 6) is 1.40. The van der Waals surface area contributed by atoms with E-state index < -0.39 is 0 Å². The fraction of sp³-hybridized carbons (Fsp3) is 0.381. The van der Waals surface area contributed by atoms with Crippen molar-refractivity contribution in [3.05, 3.63) is 42.4 Å². The molecule has 7 heteroatoms. The summed E-state index contributed by atoms with van der Waals surface area (Å²) in [6.45, 7) is 4.17. The van der Waals surface area contributed by atoms with Gasteiger partial charge in [-0.15, -0.1) is 0 Å². The molecule has 1 aromatic carbocycles. The minimum absolute atomic E-state index is 0.436. The molecule has 0 spiro atoms. The Morgan fingerprint density at radius 2 is 1.93 bits per heavy atom. The van der Waals surface area contributed by atoms with Crippen LogP contribution in [0.3, 0.4) is 0 Å². The summed E-state index contributed by atoms with van der Waals surface area (Å²) in [4.78, 5) is 18.0. The summed E-state index contributed by atoms with van der Waals surface area (Å²) in [7, 11) is 4.24. The Kier molecular flexibility index (Phi) is 5.00. The van der Waals surface area contributed by atoms with E-state index in [0.29, 0.717) is 17.5 Å². The van der Waals surface area contributed by atoms with Crippen LogP contribution in [0.15, 0.2) is 36.7 Å². The Bertz CT molecular complexity index is 980. The summed E-state index contributed by atoms with van der Waals surface area (Å²) < 4.78 is 0. The number of benzene rings is 1. The molecule has 1 aliphatic heterocycles. The quantitative estimate of drug-likeness (QED) is 0.722. The minimum Gasteiger partial charge on any atom is -0.393 e. The van der Waals surface area contributed by atoms with Gasteiger partial charge in [-0.1, -0.05) is 6.07 Å². The van der Waals surface area contributed by atoms with Crippen LogP contribution in [0.4, 0.5) is 23.0 Å². The number of aryl methyl sites for hydroxylation is 1. The maximum absolute atomic E-state index is 6.48. The van der Waals surface area contributed by atoms with Gasteiger partial charge in [0.05, 0.1) is 5.52 Å². The van der Waals surface area contributed by atoms with Gasteiger partial charge in [0, 0.05) is 29.9 Å². The Morgan fingerprint density at radius 3 is 2.71 bits per heavy atom. The molecule has 0 unspecified atom stereocenters. The van der Waals surface area contributed by atoms with Crippen molar-refractivity contribution in [2.75, 3.05) is 43.1 Å². The second kappa shape index (κ2) is 7.59. The van der Waals surface area contributed by atoms with Gasteiger partial charge in [0.2, 0.25) is 0 Å². The molecule has 2 aromatic heterocycles. The number of piperidine rings is 1. The molecule has 3 heterocycles. The number of anilines is 4. The molecule has 0 amide bonds. The van der Waals surface area contributed by atoms with Gasteiger partial charge in [0.1, 0.15) is 12.0 Å². The van der Waals surface area contributed by atoms with Crippen LogP contribution in [0.25, 0.3) is 10.9 Å². The topological polar surface area (TPSA) is 83.2 Å². The first-order valence-electron chi connectivity index (χ1n) is 9.68. The number of rotatable bonds is 4. The molecule has 3 N–H and O–H groups in total. The lowest BCUT2D eigenvalue weighted by Gasteiger charge is -2.36. The van der Waals surface area contributed by atoms with Crippen LogP contribution in [0.5, 0.6) is 0 Å². The molecule has 1 aliphatic rings. The van der Waals surface area contributed by atoms with Gasteiger partial charge in [-0.3, -0.25) is 4.98 Å². The van der Waals surface area contributed by atoms with Crippen molar-refractivity contribution in [2.24, 2.45) is 0 Å². The molecule has 0 radical (unpaired) electrons. The Balaban J connectivity index is 1.62. The first-order valence-corrected chi connectivity index (χ1v) is 9.68. The van der Waals surface area contributed by atoms with Crippen molar-refractivity contribution in [3.8, 4) is 0 Å². The van der Waals surface area contributed by atoms with Crippen LogP contribution in [-0.4, -0.2) is 53.1 Å². The average Bonchev–Trinajstić information content (AvgIpc) is 2.69. The van der Waals surface area contributed by atoms with E-state index in [4.69, 9.17) is 5.73 Å². The number of aromatic nitrogens is 3. The highest BCUT2D eigenvalue weighted by Crippen LogP contribution is 2.32. The van der Waals surface area contributed by atoms with Gasteiger partial charge < -0.3 is 20.9 Å². The molecule has 3 aromatic rings. The van der Waals surface area contributed by atoms with Gasteiger partial charge in [-0.2, -0.15) is 0 Å². The van der Waals surface area contributed by atoms with Gasteiger partial charge in [-0.05, 0) is 64.2 Å². The number of hydrogen-bond donors (Lipinski definition) is 2. The van der Waals surface area contributed by atoms with Crippen LogP contribution in [0, 0.1) is 6.92 Å². The fourth-order valence-electron chi connectivity index (χ4n) is 3.82. The third-order valence-corrected chi connectivity index (χ3v) is 5.56. The molecule has 146 valence electrons. The fourth-order valence-corrected chi connectivity index (χ4v) is 3.82. The third kappa shape index (κ3) is 3.57. The summed E-state index contributed by atoms with van der Waals surface area (Å²) in [5.41, 5.74) is 9.92. The normalized spacial score (nSPS) is 15.7.